The molecular formula is C30H31N3O2. The molecule has 5 heteroatoms. The van der Waals surface area contributed by atoms with Gasteiger partial charge in [0.05, 0.1) is 24.7 Å². The Kier molecular flexibility index (Phi) is 6.94. The van der Waals surface area contributed by atoms with Gasteiger partial charge in [-0.05, 0) is 53.8 Å². The summed E-state index contributed by atoms with van der Waals surface area (Å²) in [4.78, 5) is 17.6. The van der Waals surface area contributed by atoms with Crippen LogP contribution in [0, 0.1) is 11.3 Å². The molecule has 3 atom stereocenters. The Labute approximate surface area is 207 Å². The van der Waals surface area contributed by atoms with E-state index in [0.717, 1.165) is 42.6 Å². The molecule has 1 N–H and O–H groups in total. The highest BCUT2D eigenvalue weighted by molar-refractivity contribution is 5.79. The Morgan fingerprint density at radius 1 is 0.914 bits per heavy atom. The average molecular weight is 466 g/mol. The number of amides is 1. The van der Waals surface area contributed by atoms with Crippen LogP contribution in [0.25, 0.3) is 11.1 Å². The topological polar surface area (TPSA) is 67.6 Å². The van der Waals surface area contributed by atoms with Gasteiger partial charge in [0.15, 0.2) is 0 Å². The lowest BCUT2D eigenvalue weighted by atomic mass is 9.74. The van der Waals surface area contributed by atoms with Gasteiger partial charge in [-0.2, -0.15) is 5.26 Å². The molecular weight excluding hydrogens is 434 g/mol. The first kappa shape index (κ1) is 23.3. The maximum absolute atomic E-state index is 13.2. The van der Waals surface area contributed by atoms with Crippen LogP contribution in [-0.2, 0) is 11.2 Å². The summed E-state index contributed by atoms with van der Waals surface area (Å²) in [6, 6.07) is 28.6. The van der Waals surface area contributed by atoms with Crippen molar-refractivity contribution in [3.8, 4) is 17.2 Å². The molecule has 2 saturated heterocycles. The molecule has 0 saturated carbocycles. The zero-order valence-electron chi connectivity index (χ0n) is 19.9. The Hall–Kier alpha value is -3.46. The molecule has 35 heavy (non-hydrogen) atoms. The zero-order chi connectivity index (χ0) is 24.2. The van der Waals surface area contributed by atoms with Crippen LogP contribution in [0.4, 0.5) is 0 Å². The Bertz CT molecular complexity index is 1190. The van der Waals surface area contributed by atoms with E-state index in [-0.39, 0.29) is 30.5 Å². The minimum Gasteiger partial charge on any atom is -0.395 e. The summed E-state index contributed by atoms with van der Waals surface area (Å²) >= 11 is 0. The zero-order valence-corrected chi connectivity index (χ0v) is 19.9. The molecule has 2 fully saturated rings. The molecule has 178 valence electrons. The minimum atomic E-state index is 0.0879. The normalized spacial score (nSPS) is 22.3. The Morgan fingerprint density at radius 3 is 2.23 bits per heavy atom. The van der Waals surface area contributed by atoms with E-state index in [1.54, 1.807) is 0 Å². The highest BCUT2D eigenvalue weighted by Crippen LogP contribution is 2.42. The highest BCUT2D eigenvalue weighted by Gasteiger charge is 2.49. The number of rotatable bonds is 5. The van der Waals surface area contributed by atoms with Gasteiger partial charge in [-0.1, -0.05) is 66.7 Å². The van der Waals surface area contributed by atoms with Gasteiger partial charge in [0.2, 0.25) is 5.91 Å². The molecule has 3 aromatic rings. The number of nitrogens with zero attached hydrogens (tertiary/aromatic N) is 3. The summed E-state index contributed by atoms with van der Waals surface area (Å²) in [6.07, 6.45) is 2.46. The lowest BCUT2D eigenvalue weighted by molar-refractivity contribution is -0.135. The van der Waals surface area contributed by atoms with Crippen LogP contribution in [0.15, 0.2) is 78.9 Å². The maximum atomic E-state index is 13.2. The van der Waals surface area contributed by atoms with Gasteiger partial charge >= 0.3 is 0 Å². The van der Waals surface area contributed by atoms with Crippen molar-refractivity contribution in [3.63, 3.8) is 0 Å². The molecule has 0 spiro atoms. The number of hydrogen-bond acceptors (Lipinski definition) is 4. The van der Waals surface area contributed by atoms with E-state index in [4.69, 9.17) is 5.26 Å². The molecule has 0 unspecified atom stereocenters. The summed E-state index contributed by atoms with van der Waals surface area (Å²) in [6.45, 7) is 2.58. The molecule has 1 amide bonds. The number of hydrogen-bond donors (Lipinski definition) is 1. The number of fused-ring (bicyclic) bond motifs is 1. The van der Waals surface area contributed by atoms with Crippen LogP contribution < -0.4 is 0 Å². The second-order valence-electron chi connectivity index (χ2n) is 9.60. The molecule has 0 radical (unpaired) electrons. The maximum Gasteiger partial charge on any atom is 0.227 e. The van der Waals surface area contributed by atoms with Crippen molar-refractivity contribution in [2.45, 2.75) is 37.3 Å². The van der Waals surface area contributed by atoms with E-state index < -0.39 is 0 Å². The third kappa shape index (κ3) is 4.86. The van der Waals surface area contributed by atoms with Crippen molar-refractivity contribution in [1.82, 2.24) is 9.80 Å². The average Bonchev–Trinajstić information content (AvgIpc) is 2.89. The predicted molar refractivity (Wildman–Crippen MR) is 137 cm³/mol. The van der Waals surface area contributed by atoms with Crippen molar-refractivity contribution < 1.29 is 9.90 Å². The number of aliphatic hydroxyl groups excluding tert-OH is 1. The van der Waals surface area contributed by atoms with Crippen LogP contribution in [0.5, 0.6) is 0 Å². The van der Waals surface area contributed by atoms with Crippen molar-refractivity contribution in [2.75, 3.05) is 26.2 Å². The first-order chi connectivity index (χ1) is 17.2. The minimum absolute atomic E-state index is 0.0879. The molecule has 2 aliphatic rings. The van der Waals surface area contributed by atoms with Crippen molar-refractivity contribution in [1.29, 1.82) is 5.26 Å². The van der Waals surface area contributed by atoms with Crippen LogP contribution in [0.1, 0.15) is 35.4 Å². The first-order valence-corrected chi connectivity index (χ1v) is 12.5. The monoisotopic (exact) mass is 465 g/mol. The quantitative estimate of drug-likeness (QED) is 0.613. The Balaban J connectivity index is 1.34. The molecule has 0 aliphatic carbocycles. The number of carbonyl (C=O) groups excluding carboxylic acids is 1. The summed E-state index contributed by atoms with van der Waals surface area (Å²) in [5, 5.41) is 19.3. The largest absolute Gasteiger partial charge is 0.395 e. The third-order valence-electron chi connectivity index (χ3n) is 7.56. The van der Waals surface area contributed by atoms with Gasteiger partial charge in [-0.15, -0.1) is 0 Å². The predicted octanol–water partition coefficient (Wildman–Crippen LogP) is 4.22. The molecule has 0 bridgehead atoms. The van der Waals surface area contributed by atoms with E-state index in [2.05, 4.69) is 35.2 Å². The third-order valence-corrected chi connectivity index (χ3v) is 7.56. The van der Waals surface area contributed by atoms with Crippen molar-refractivity contribution in [2.24, 2.45) is 0 Å². The number of carbonyl (C=O) groups is 1. The van der Waals surface area contributed by atoms with Gasteiger partial charge in [-0.3, -0.25) is 9.69 Å². The second-order valence-corrected chi connectivity index (χ2v) is 9.60. The highest BCUT2D eigenvalue weighted by atomic mass is 16.3. The molecule has 2 heterocycles. The van der Waals surface area contributed by atoms with Gasteiger partial charge < -0.3 is 10.0 Å². The summed E-state index contributed by atoms with van der Waals surface area (Å²) in [5.41, 5.74) is 5.09. The van der Waals surface area contributed by atoms with E-state index >= 15 is 0 Å². The standard InChI is InChI=1S/C30H31N3O2/c31-19-23-8-10-24(11-9-23)25-12-14-26(15-13-25)30-27-20-32(16-4-5-17-33(27)28(30)21-34)29(35)18-22-6-2-1-3-7-22/h1-3,6-15,27-28,30,34H,4-5,16-18,20-21H2/t27-,28+,30-/m1/s1. The molecule has 0 aromatic heterocycles. The van der Waals surface area contributed by atoms with E-state index in [1.807, 2.05) is 59.5 Å². The lowest BCUT2D eigenvalue weighted by Gasteiger charge is -2.57. The fourth-order valence-electron chi connectivity index (χ4n) is 5.68. The molecule has 2 aliphatic heterocycles. The van der Waals surface area contributed by atoms with Gasteiger partial charge in [0.25, 0.3) is 0 Å². The SMILES string of the molecule is N#Cc1ccc(-c2ccc([C@@H]3[C@H]4CN(C(=O)Cc5ccccc5)CCCCN4[C@H]3CO)cc2)cc1. The van der Waals surface area contributed by atoms with Crippen LogP contribution in [0.2, 0.25) is 0 Å². The van der Waals surface area contributed by atoms with E-state index in [0.29, 0.717) is 18.5 Å². The van der Waals surface area contributed by atoms with Gasteiger partial charge in [0, 0.05) is 31.1 Å². The van der Waals surface area contributed by atoms with Crippen LogP contribution in [0.3, 0.4) is 0 Å². The van der Waals surface area contributed by atoms with Crippen molar-refractivity contribution in [3.05, 3.63) is 95.6 Å². The second kappa shape index (κ2) is 10.4. The Morgan fingerprint density at radius 2 is 1.57 bits per heavy atom. The fraction of sp³-hybridized carbons (Fsp3) is 0.333. The number of nitriles is 1. The van der Waals surface area contributed by atoms with Crippen LogP contribution >= 0.6 is 0 Å². The summed E-state index contributed by atoms with van der Waals surface area (Å²) < 4.78 is 0. The summed E-state index contributed by atoms with van der Waals surface area (Å²) in [5.74, 6) is 0.376. The van der Waals surface area contributed by atoms with Gasteiger partial charge in [0.1, 0.15) is 0 Å². The van der Waals surface area contributed by atoms with Gasteiger partial charge in [-0.25, -0.2) is 0 Å². The first-order valence-electron chi connectivity index (χ1n) is 12.5. The molecule has 5 nitrogen and oxygen atoms in total. The smallest absolute Gasteiger partial charge is 0.227 e. The van der Waals surface area contributed by atoms with E-state index in [9.17, 15) is 9.90 Å². The van der Waals surface area contributed by atoms with Crippen molar-refractivity contribution >= 4 is 5.91 Å². The number of benzene rings is 3. The molecule has 5 rings (SSSR count). The van der Waals surface area contributed by atoms with Crippen LogP contribution in [-0.4, -0.2) is 59.1 Å². The lowest BCUT2D eigenvalue weighted by Crippen LogP contribution is -2.68. The fourth-order valence-corrected chi connectivity index (χ4v) is 5.68. The molecule has 3 aromatic carbocycles. The summed E-state index contributed by atoms with van der Waals surface area (Å²) in [7, 11) is 0. The van der Waals surface area contributed by atoms with E-state index in [1.165, 1.54) is 5.56 Å². The number of aliphatic hydroxyl groups is 1.